The summed E-state index contributed by atoms with van der Waals surface area (Å²) in [5, 5.41) is 20.6. The fraction of sp³-hybridized carbons (Fsp3) is 0.542. The molecule has 2 heterocycles. The molecule has 1 aliphatic rings. The number of aromatic nitrogens is 1. The lowest BCUT2D eigenvalue weighted by atomic mass is 9.70. The van der Waals surface area contributed by atoms with Crippen LogP contribution >= 0.6 is 0 Å². The maximum atomic E-state index is 10.9. The number of nitrogens with zero attached hydrogens (tertiary/aromatic N) is 1. The van der Waals surface area contributed by atoms with E-state index in [1.807, 2.05) is 38.2 Å². The number of rotatable bonds is 10. The number of pyridine rings is 1. The van der Waals surface area contributed by atoms with E-state index >= 15 is 0 Å². The van der Waals surface area contributed by atoms with Gasteiger partial charge in [-0.15, -0.1) is 0 Å². The van der Waals surface area contributed by atoms with Crippen molar-refractivity contribution in [2.75, 3.05) is 20.3 Å². The summed E-state index contributed by atoms with van der Waals surface area (Å²) < 4.78 is 22.9. The SMILES string of the molecule is CCCOc1cc(-c2cncc([C@@H]3CO[B-](O)(OC(C)(C)CC(C)O)C3)c2)ccc1OC. The van der Waals surface area contributed by atoms with E-state index in [1.54, 1.807) is 20.2 Å². The highest BCUT2D eigenvalue weighted by Gasteiger charge is 2.40. The number of ether oxygens (including phenoxy) is 2. The van der Waals surface area contributed by atoms with Crippen molar-refractivity contribution >= 4 is 6.75 Å². The van der Waals surface area contributed by atoms with E-state index in [9.17, 15) is 10.1 Å². The lowest BCUT2D eigenvalue weighted by Crippen LogP contribution is -2.47. The van der Waals surface area contributed by atoms with E-state index in [1.165, 1.54) is 0 Å². The van der Waals surface area contributed by atoms with Crippen LogP contribution < -0.4 is 9.47 Å². The first kappa shape index (κ1) is 24.5. The van der Waals surface area contributed by atoms with Crippen molar-refractivity contribution in [1.82, 2.24) is 4.98 Å². The lowest BCUT2D eigenvalue weighted by Gasteiger charge is -2.41. The predicted octanol–water partition coefficient (Wildman–Crippen LogP) is 4.16. The second-order valence-corrected chi connectivity index (χ2v) is 9.24. The zero-order valence-electron chi connectivity index (χ0n) is 19.7. The normalized spacial score (nSPS) is 22.0. The van der Waals surface area contributed by atoms with Crippen LogP contribution in [0.5, 0.6) is 11.5 Å². The standard InChI is InChI=1S/C24H35BNO6/c1-6-9-30-23-11-18(7-8-22(23)29-5)19-10-20(15-26-14-19)21-13-25(28,31-16-21)32-24(3,4)12-17(2)27/h7-8,10-11,14-15,17,21,27-28H,6,9,12-13,16H2,1-5H3/q-1/t17?,21-,25?/m0/s1. The van der Waals surface area contributed by atoms with Crippen LogP contribution in [0.4, 0.5) is 0 Å². The minimum atomic E-state index is -2.44. The zero-order valence-corrected chi connectivity index (χ0v) is 19.7. The second-order valence-electron chi connectivity index (χ2n) is 9.24. The molecule has 0 spiro atoms. The van der Waals surface area contributed by atoms with E-state index in [0.29, 0.717) is 37.5 Å². The second kappa shape index (κ2) is 10.2. The van der Waals surface area contributed by atoms with Gasteiger partial charge in [-0.2, -0.15) is 0 Å². The largest absolute Gasteiger partial charge is 0.559 e. The average Bonchev–Trinajstić information content (AvgIpc) is 3.11. The van der Waals surface area contributed by atoms with E-state index < -0.39 is 18.5 Å². The Kier molecular flexibility index (Phi) is 7.82. The van der Waals surface area contributed by atoms with Crippen LogP contribution in [0, 0.1) is 0 Å². The molecule has 0 amide bonds. The molecule has 2 aromatic rings. The van der Waals surface area contributed by atoms with Crippen molar-refractivity contribution in [1.29, 1.82) is 0 Å². The van der Waals surface area contributed by atoms with Crippen LogP contribution in [0.3, 0.4) is 0 Å². The Morgan fingerprint density at radius 3 is 2.69 bits per heavy atom. The maximum absolute atomic E-state index is 10.9. The molecule has 32 heavy (non-hydrogen) atoms. The van der Waals surface area contributed by atoms with Gasteiger partial charge >= 0.3 is 6.75 Å². The lowest BCUT2D eigenvalue weighted by molar-refractivity contribution is -0.0107. The Bertz CT molecular complexity index is 906. The molecule has 2 unspecified atom stereocenters. The van der Waals surface area contributed by atoms with Gasteiger partial charge < -0.3 is 28.9 Å². The first-order valence-corrected chi connectivity index (χ1v) is 11.3. The molecule has 1 aliphatic heterocycles. The van der Waals surface area contributed by atoms with Crippen molar-refractivity contribution in [3.05, 3.63) is 42.2 Å². The molecule has 2 N–H and O–H groups in total. The molecule has 0 saturated carbocycles. The molecule has 176 valence electrons. The summed E-state index contributed by atoms with van der Waals surface area (Å²) in [5.74, 6) is 1.36. The van der Waals surface area contributed by atoms with Gasteiger partial charge in [0.25, 0.3) is 0 Å². The van der Waals surface area contributed by atoms with Crippen LogP contribution in [-0.2, 0) is 9.31 Å². The number of benzene rings is 1. The van der Waals surface area contributed by atoms with Crippen LogP contribution in [-0.4, -0.2) is 53.9 Å². The molecule has 3 rings (SSSR count). The van der Waals surface area contributed by atoms with Gasteiger partial charge in [0, 0.05) is 30.2 Å². The first-order valence-electron chi connectivity index (χ1n) is 11.3. The van der Waals surface area contributed by atoms with E-state index in [4.69, 9.17) is 18.8 Å². The predicted molar refractivity (Wildman–Crippen MR) is 125 cm³/mol. The highest BCUT2D eigenvalue weighted by Crippen LogP contribution is 2.38. The minimum Gasteiger partial charge on any atom is -0.559 e. The van der Waals surface area contributed by atoms with E-state index in [2.05, 4.69) is 18.0 Å². The van der Waals surface area contributed by atoms with Crippen molar-refractivity contribution in [3.63, 3.8) is 0 Å². The summed E-state index contributed by atoms with van der Waals surface area (Å²) in [6, 6.07) is 7.90. The molecule has 8 heteroatoms. The zero-order chi connectivity index (χ0) is 23.4. The molecule has 3 atom stereocenters. The molecule has 7 nitrogen and oxygen atoms in total. The monoisotopic (exact) mass is 444 g/mol. The molecule has 1 saturated heterocycles. The number of hydrogen-bond donors (Lipinski definition) is 2. The van der Waals surface area contributed by atoms with E-state index in [0.717, 1.165) is 23.1 Å². The molecule has 1 aromatic carbocycles. The molecule has 0 radical (unpaired) electrons. The number of hydrogen-bond acceptors (Lipinski definition) is 7. The summed E-state index contributed by atoms with van der Waals surface area (Å²) in [5.41, 5.74) is 2.20. The smallest absolute Gasteiger partial charge is 0.377 e. The van der Waals surface area contributed by atoms with Gasteiger partial charge in [0.1, 0.15) is 0 Å². The highest BCUT2D eigenvalue weighted by molar-refractivity contribution is 6.60. The summed E-state index contributed by atoms with van der Waals surface area (Å²) in [6.07, 6.45) is 4.75. The fourth-order valence-electron chi connectivity index (χ4n) is 4.35. The maximum Gasteiger partial charge on any atom is 0.377 e. The summed E-state index contributed by atoms with van der Waals surface area (Å²) in [6.45, 7) is 5.99. The first-order chi connectivity index (χ1) is 15.1. The van der Waals surface area contributed by atoms with Gasteiger partial charge in [-0.1, -0.05) is 19.3 Å². The van der Waals surface area contributed by atoms with Crippen molar-refractivity contribution in [2.24, 2.45) is 0 Å². The topological polar surface area (TPSA) is 90.3 Å². The van der Waals surface area contributed by atoms with Gasteiger partial charge in [0.15, 0.2) is 11.5 Å². The number of aliphatic hydroxyl groups is 1. The highest BCUT2D eigenvalue weighted by atomic mass is 16.7. The Hall–Kier alpha value is -2.13. The molecular formula is C24H35BNO6-. The Balaban J connectivity index is 1.77. The quantitative estimate of drug-likeness (QED) is 0.532. The Morgan fingerprint density at radius 2 is 2.00 bits per heavy atom. The molecule has 1 aromatic heterocycles. The van der Waals surface area contributed by atoms with Crippen LogP contribution in [0.15, 0.2) is 36.7 Å². The third-order valence-electron chi connectivity index (χ3n) is 5.62. The van der Waals surface area contributed by atoms with Gasteiger partial charge in [0.2, 0.25) is 0 Å². The molecule has 0 aliphatic carbocycles. The number of methoxy groups -OCH3 is 1. The van der Waals surface area contributed by atoms with E-state index in [-0.39, 0.29) is 5.92 Å². The van der Waals surface area contributed by atoms with Gasteiger partial charge in [-0.25, -0.2) is 0 Å². The van der Waals surface area contributed by atoms with Gasteiger partial charge in [-0.3, -0.25) is 4.98 Å². The van der Waals surface area contributed by atoms with Crippen molar-refractivity contribution in [3.8, 4) is 22.6 Å². The van der Waals surface area contributed by atoms with Crippen LogP contribution in [0.2, 0.25) is 6.32 Å². The summed E-state index contributed by atoms with van der Waals surface area (Å²) in [7, 11) is 1.63. The average molecular weight is 444 g/mol. The Labute approximate surface area is 190 Å². The van der Waals surface area contributed by atoms with Gasteiger partial charge in [-0.05, 0) is 68.9 Å². The third-order valence-corrected chi connectivity index (χ3v) is 5.62. The minimum absolute atomic E-state index is 0.0381. The van der Waals surface area contributed by atoms with Crippen molar-refractivity contribution < 1.29 is 28.9 Å². The number of aliphatic hydroxyl groups excluding tert-OH is 1. The molecule has 1 fully saturated rings. The van der Waals surface area contributed by atoms with Crippen molar-refractivity contribution in [2.45, 2.75) is 64.5 Å². The third kappa shape index (κ3) is 6.22. The van der Waals surface area contributed by atoms with Crippen LogP contribution in [0.1, 0.15) is 52.0 Å². The van der Waals surface area contributed by atoms with Gasteiger partial charge in [0.05, 0.1) is 19.8 Å². The summed E-state index contributed by atoms with van der Waals surface area (Å²) in [4.78, 5) is 4.43. The molecule has 0 bridgehead atoms. The summed E-state index contributed by atoms with van der Waals surface area (Å²) >= 11 is 0. The fourth-order valence-corrected chi connectivity index (χ4v) is 4.35. The Morgan fingerprint density at radius 1 is 1.22 bits per heavy atom. The molecular weight excluding hydrogens is 409 g/mol. The van der Waals surface area contributed by atoms with Crippen LogP contribution in [0.25, 0.3) is 11.1 Å².